The van der Waals surface area contributed by atoms with Crippen molar-refractivity contribution >= 4 is 5.97 Å². The molecule has 0 radical (unpaired) electrons. The van der Waals surface area contributed by atoms with Crippen molar-refractivity contribution in [2.75, 3.05) is 0 Å². The quantitative estimate of drug-likeness (QED) is 0.523. The number of carbonyl (C=O) groups is 1. The van der Waals surface area contributed by atoms with Crippen molar-refractivity contribution < 1.29 is 9.90 Å². The number of carboxylic acid groups (broad SMARTS) is 1. The van der Waals surface area contributed by atoms with Crippen molar-refractivity contribution in [2.24, 2.45) is 0 Å². The summed E-state index contributed by atoms with van der Waals surface area (Å²) in [5.74, 6) is -0.851. The van der Waals surface area contributed by atoms with E-state index in [0.717, 1.165) is 0 Å². The molecule has 9 heavy (non-hydrogen) atoms. The Balaban J connectivity index is 2.56. The maximum absolute atomic E-state index is 10.2. The lowest BCUT2D eigenvalue weighted by atomic mass is 10.2. The molecule has 1 aliphatic rings. The molecule has 2 N–H and O–H groups in total. The number of allylic oxidation sites excluding steroid dienone is 2. The van der Waals surface area contributed by atoms with Gasteiger partial charge in [0.15, 0.2) is 0 Å². The third kappa shape index (κ3) is 1.32. The van der Waals surface area contributed by atoms with E-state index >= 15 is 0 Å². The zero-order chi connectivity index (χ0) is 6.69. The van der Waals surface area contributed by atoms with Crippen LogP contribution in [0.25, 0.3) is 0 Å². The molecule has 0 amide bonds. The summed E-state index contributed by atoms with van der Waals surface area (Å²) in [5.41, 5.74) is 0. The van der Waals surface area contributed by atoms with Gasteiger partial charge in [-0.25, -0.2) is 4.79 Å². The Kier molecular flexibility index (Phi) is 1.53. The lowest BCUT2D eigenvalue weighted by molar-refractivity contribution is -0.137. The van der Waals surface area contributed by atoms with E-state index in [9.17, 15) is 4.79 Å². The molecule has 0 aromatic rings. The van der Waals surface area contributed by atoms with Crippen LogP contribution in [0.1, 0.15) is 0 Å². The van der Waals surface area contributed by atoms with Crippen LogP contribution in [-0.4, -0.2) is 17.1 Å². The topological polar surface area (TPSA) is 49.3 Å². The minimum atomic E-state index is -0.851. The zero-order valence-corrected chi connectivity index (χ0v) is 4.74. The predicted molar refractivity (Wildman–Crippen MR) is 32.8 cm³/mol. The van der Waals surface area contributed by atoms with Gasteiger partial charge >= 0.3 is 5.97 Å². The highest BCUT2D eigenvalue weighted by atomic mass is 16.4. The van der Waals surface area contributed by atoms with E-state index in [1.165, 1.54) is 0 Å². The molecule has 0 saturated carbocycles. The summed E-state index contributed by atoms with van der Waals surface area (Å²) in [6.45, 7) is 0. The second-order valence-electron chi connectivity index (χ2n) is 1.73. The molecule has 1 rings (SSSR count). The number of dihydropyridines is 1. The summed E-state index contributed by atoms with van der Waals surface area (Å²) in [6.07, 6.45) is 6.65. The monoisotopic (exact) mass is 125 g/mol. The average molecular weight is 125 g/mol. The normalized spacial score (nSPS) is 23.3. The van der Waals surface area contributed by atoms with Gasteiger partial charge in [0.25, 0.3) is 0 Å². The van der Waals surface area contributed by atoms with Crippen molar-refractivity contribution in [1.82, 2.24) is 5.32 Å². The van der Waals surface area contributed by atoms with Crippen LogP contribution < -0.4 is 5.32 Å². The van der Waals surface area contributed by atoms with Crippen molar-refractivity contribution in [1.29, 1.82) is 0 Å². The number of carboxylic acids is 1. The molecular weight excluding hydrogens is 118 g/mol. The molecule has 3 heteroatoms. The predicted octanol–water partition coefficient (Wildman–Crippen LogP) is 0.113. The maximum atomic E-state index is 10.2. The number of hydrogen-bond acceptors (Lipinski definition) is 2. The minimum absolute atomic E-state index is 0.546. The maximum Gasteiger partial charge on any atom is 0.330 e. The average Bonchev–Trinajstić information content (AvgIpc) is 1.90. The van der Waals surface area contributed by atoms with Crippen LogP contribution in [0.2, 0.25) is 0 Å². The third-order valence-corrected chi connectivity index (χ3v) is 1.05. The first-order valence-electron chi connectivity index (χ1n) is 2.63. The smallest absolute Gasteiger partial charge is 0.330 e. The SMILES string of the molecule is O=C(O)[C@@H]1C=CC=CN1. The Bertz CT molecular complexity index is 172. The molecule has 48 valence electrons. The Hall–Kier alpha value is -1.25. The van der Waals surface area contributed by atoms with Crippen LogP contribution in [0.5, 0.6) is 0 Å². The van der Waals surface area contributed by atoms with Gasteiger partial charge in [0.1, 0.15) is 6.04 Å². The van der Waals surface area contributed by atoms with Gasteiger partial charge < -0.3 is 10.4 Å². The van der Waals surface area contributed by atoms with Crippen molar-refractivity contribution in [3.8, 4) is 0 Å². The van der Waals surface area contributed by atoms with Gasteiger partial charge in [-0.3, -0.25) is 0 Å². The summed E-state index contributed by atoms with van der Waals surface area (Å²) in [4.78, 5) is 10.2. The Morgan fingerprint density at radius 3 is 2.67 bits per heavy atom. The number of nitrogens with one attached hydrogen (secondary N) is 1. The van der Waals surface area contributed by atoms with Crippen molar-refractivity contribution in [3.05, 3.63) is 24.4 Å². The Morgan fingerprint density at radius 1 is 1.56 bits per heavy atom. The van der Waals surface area contributed by atoms with Crippen molar-refractivity contribution in [3.63, 3.8) is 0 Å². The lowest BCUT2D eigenvalue weighted by Crippen LogP contribution is -2.31. The summed E-state index contributed by atoms with van der Waals surface area (Å²) < 4.78 is 0. The fourth-order valence-corrected chi connectivity index (χ4v) is 0.599. The van der Waals surface area contributed by atoms with Gasteiger partial charge in [-0.2, -0.15) is 0 Å². The molecule has 0 aliphatic carbocycles. The van der Waals surface area contributed by atoms with Gasteiger partial charge in [-0.1, -0.05) is 12.2 Å². The van der Waals surface area contributed by atoms with E-state index in [0.29, 0.717) is 0 Å². The molecule has 0 fully saturated rings. The van der Waals surface area contributed by atoms with E-state index in [4.69, 9.17) is 5.11 Å². The Morgan fingerprint density at radius 2 is 2.33 bits per heavy atom. The van der Waals surface area contributed by atoms with Crippen LogP contribution in [0.4, 0.5) is 0 Å². The van der Waals surface area contributed by atoms with E-state index in [1.807, 2.05) is 0 Å². The molecule has 0 bridgehead atoms. The fraction of sp³-hybridized carbons (Fsp3) is 0.167. The molecule has 1 aliphatic heterocycles. The molecule has 1 heterocycles. The number of rotatable bonds is 1. The van der Waals surface area contributed by atoms with Gasteiger partial charge in [-0.05, 0) is 12.3 Å². The van der Waals surface area contributed by atoms with E-state index in [-0.39, 0.29) is 0 Å². The fourth-order valence-electron chi connectivity index (χ4n) is 0.599. The third-order valence-electron chi connectivity index (χ3n) is 1.05. The highest BCUT2D eigenvalue weighted by molar-refractivity contribution is 5.76. The van der Waals surface area contributed by atoms with Crippen LogP contribution in [0, 0.1) is 0 Å². The van der Waals surface area contributed by atoms with Crippen LogP contribution in [0.3, 0.4) is 0 Å². The van der Waals surface area contributed by atoms with Crippen LogP contribution >= 0.6 is 0 Å². The molecular formula is C6H7NO2. The molecule has 0 saturated heterocycles. The summed E-state index contributed by atoms with van der Waals surface area (Å²) in [5, 5.41) is 11.0. The van der Waals surface area contributed by atoms with Crippen LogP contribution in [0.15, 0.2) is 24.4 Å². The summed E-state index contributed by atoms with van der Waals surface area (Å²) >= 11 is 0. The van der Waals surface area contributed by atoms with Crippen LogP contribution in [-0.2, 0) is 4.79 Å². The van der Waals surface area contributed by atoms with Gasteiger partial charge in [0, 0.05) is 0 Å². The first-order chi connectivity index (χ1) is 4.30. The molecule has 0 spiro atoms. The Labute approximate surface area is 52.7 Å². The zero-order valence-electron chi connectivity index (χ0n) is 4.74. The highest BCUT2D eigenvalue weighted by Gasteiger charge is 2.11. The summed E-state index contributed by atoms with van der Waals surface area (Å²) in [6, 6.07) is -0.546. The van der Waals surface area contributed by atoms with Gasteiger partial charge in [0.2, 0.25) is 0 Å². The summed E-state index contributed by atoms with van der Waals surface area (Å²) in [7, 11) is 0. The lowest BCUT2D eigenvalue weighted by Gasteiger charge is -2.08. The first kappa shape index (κ1) is 5.88. The molecule has 3 nitrogen and oxygen atoms in total. The minimum Gasteiger partial charge on any atom is -0.479 e. The van der Waals surface area contributed by atoms with E-state index in [1.54, 1.807) is 24.4 Å². The largest absolute Gasteiger partial charge is 0.479 e. The molecule has 0 aromatic heterocycles. The standard InChI is InChI=1S/C6H7NO2/c8-6(9)5-3-1-2-4-7-5/h1-5,7H,(H,8,9)/t5-/m0/s1. The molecule has 0 aromatic carbocycles. The van der Waals surface area contributed by atoms with Gasteiger partial charge in [-0.15, -0.1) is 0 Å². The first-order valence-corrected chi connectivity index (χ1v) is 2.63. The second-order valence-corrected chi connectivity index (χ2v) is 1.73. The number of hydrogen-bond donors (Lipinski definition) is 2. The molecule has 0 unspecified atom stereocenters. The molecule has 1 atom stereocenters. The number of aliphatic carboxylic acids is 1. The highest BCUT2D eigenvalue weighted by Crippen LogP contribution is 1.92. The second kappa shape index (κ2) is 2.35. The van der Waals surface area contributed by atoms with E-state index in [2.05, 4.69) is 5.32 Å². The van der Waals surface area contributed by atoms with Crippen molar-refractivity contribution in [2.45, 2.75) is 6.04 Å². The van der Waals surface area contributed by atoms with E-state index < -0.39 is 12.0 Å². The van der Waals surface area contributed by atoms with Gasteiger partial charge in [0.05, 0.1) is 0 Å².